The van der Waals surface area contributed by atoms with E-state index in [0.29, 0.717) is 34.9 Å². The summed E-state index contributed by atoms with van der Waals surface area (Å²) in [6.07, 6.45) is 0.746. The Morgan fingerprint density at radius 2 is 1.23 bits per heavy atom. The van der Waals surface area contributed by atoms with Crippen molar-refractivity contribution in [3.63, 3.8) is 0 Å². The van der Waals surface area contributed by atoms with Gasteiger partial charge in [-0.25, -0.2) is 9.48 Å². The first-order valence-electron chi connectivity index (χ1n) is 18.8. The predicted molar refractivity (Wildman–Crippen MR) is 221 cm³/mol. The zero-order valence-corrected chi connectivity index (χ0v) is 33.2. The number of hydrogen-bond donors (Lipinski definition) is 0. The summed E-state index contributed by atoms with van der Waals surface area (Å²) in [5.74, 6) is 0.472. The van der Waals surface area contributed by atoms with Crippen LogP contribution in [0.25, 0.3) is 16.9 Å². The van der Waals surface area contributed by atoms with Gasteiger partial charge in [0.25, 0.3) is 5.91 Å². The smallest absolute Gasteiger partial charge is 0.358 e. The molecule has 1 amide bonds. The molecule has 56 heavy (non-hydrogen) atoms. The van der Waals surface area contributed by atoms with Crippen LogP contribution in [-0.4, -0.2) is 80.0 Å². The fourth-order valence-corrected chi connectivity index (χ4v) is 7.63. The summed E-state index contributed by atoms with van der Waals surface area (Å²) >= 11 is 0. The first-order valence-corrected chi connectivity index (χ1v) is 18.8. The van der Waals surface area contributed by atoms with Gasteiger partial charge in [-0.15, -0.1) is 0 Å². The highest BCUT2D eigenvalue weighted by atomic mass is 16.5. The van der Waals surface area contributed by atoms with Gasteiger partial charge in [-0.05, 0) is 78.0 Å². The molecule has 0 fully saturated rings. The molecule has 0 saturated heterocycles. The molecule has 9 heteroatoms. The number of esters is 1. The van der Waals surface area contributed by atoms with Crippen LogP contribution in [0.1, 0.15) is 69.3 Å². The van der Waals surface area contributed by atoms with Crippen LogP contribution >= 0.6 is 0 Å². The van der Waals surface area contributed by atoms with Gasteiger partial charge in [-0.1, -0.05) is 111 Å². The molecule has 0 unspecified atom stereocenters. The Morgan fingerprint density at radius 3 is 1.71 bits per heavy atom. The molecule has 9 nitrogen and oxygen atoms in total. The molecule has 0 spiro atoms. The number of carbonyl (C=O) groups excluding carboxylic acids is 2. The average molecular weight is 751 g/mol. The lowest BCUT2D eigenvalue weighted by molar-refractivity contribution is 0.0593. The number of carbonyl (C=O) groups is 2. The highest BCUT2D eigenvalue weighted by molar-refractivity contribution is 5.95. The third kappa shape index (κ3) is 7.68. The Labute approximate surface area is 330 Å². The van der Waals surface area contributed by atoms with Gasteiger partial charge < -0.3 is 19.1 Å². The van der Waals surface area contributed by atoms with Gasteiger partial charge in [0.05, 0.1) is 43.8 Å². The fourth-order valence-electron chi connectivity index (χ4n) is 7.63. The van der Waals surface area contributed by atoms with Gasteiger partial charge >= 0.3 is 5.97 Å². The molecular formula is C47H50N4O5. The summed E-state index contributed by atoms with van der Waals surface area (Å²) in [7, 11) is 8.51. The maximum atomic E-state index is 14.1. The Bertz CT molecular complexity index is 2130. The number of hydrogen-bond acceptors (Lipinski definition) is 7. The molecule has 1 aromatic heterocycles. The highest BCUT2D eigenvalue weighted by Gasteiger charge is 2.40. The van der Waals surface area contributed by atoms with E-state index in [-0.39, 0.29) is 17.5 Å². The summed E-state index contributed by atoms with van der Waals surface area (Å²) in [6.45, 7) is 5.41. The minimum absolute atomic E-state index is 0.0111. The van der Waals surface area contributed by atoms with E-state index in [1.807, 2.05) is 61.6 Å². The van der Waals surface area contributed by atoms with E-state index < -0.39 is 11.5 Å². The second-order valence-corrected chi connectivity index (χ2v) is 14.1. The molecule has 5 aromatic carbocycles. The van der Waals surface area contributed by atoms with Crippen LogP contribution < -0.4 is 9.47 Å². The summed E-state index contributed by atoms with van der Waals surface area (Å²) in [5, 5.41) is 4.70. The number of amides is 1. The van der Waals surface area contributed by atoms with Crippen LogP contribution in [0.3, 0.4) is 0 Å². The van der Waals surface area contributed by atoms with E-state index in [4.69, 9.17) is 19.3 Å². The second kappa shape index (κ2) is 17.5. The van der Waals surface area contributed by atoms with Gasteiger partial charge in [0.1, 0.15) is 11.5 Å². The van der Waals surface area contributed by atoms with E-state index in [0.717, 1.165) is 24.2 Å². The molecular weight excluding hydrogens is 701 g/mol. The van der Waals surface area contributed by atoms with Crippen molar-refractivity contribution in [3.8, 4) is 28.4 Å². The molecule has 6 aromatic rings. The molecule has 0 saturated carbocycles. The number of nitrogens with zero attached hydrogens (tertiary/aromatic N) is 4. The Balaban J connectivity index is 1.29. The average Bonchev–Trinajstić information content (AvgIpc) is 3.69. The number of ether oxygens (including phenoxy) is 3. The van der Waals surface area contributed by atoms with E-state index in [9.17, 15) is 9.59 Å². The van der Waals surface area contributed by atoms with Crippen LogP contribution in [0.2, 0.25) is 0 Å². The Kier molecular flexibility index (Phi) is 12.4. The summed E-state index contributed by atoms with van der Waals surface area (Å²) in [6, 6.07) is 44.6. The monoisotopic (exact) mass is 750 g/mol. The normalized spacial score (nSPS) is 11.4. The minimum atomic E-state index is -0.572. The third-order valence-electron chi connectivity index (χ3n) is 10.4. The largest absolute Gasteiger partial charge is 0.496 e. The van der Waals surface area contributed by atoms with E-state index in [2.05, 4.69) is 98.6 Å². The zero-order chi connectivity index (χ0) is 39.8. The molecule has 0 atom stereocenters. The van der Waals surface area contributed by atoms with Crippen molar-refractivity contribution >= 4 is 11.9 Å². The Morgan fingerprint density at radius 1 is 0.696 bits per heavy atom. The SMILES string of the molecule is COC(=O)c1cc(-c2c(OC)cccc2OC)n(-c2ccc(C(=O)N(C)CCCN(C)C(c3ccccc3)(c3ccccc3)c3ccccc3)cc2C(C)C)n1. The van der Waals surface area contributed by atoms with Gasteiger partial charge in [0.2, 0.25) is 0 Å². The maximum absolute atomic E-state index is 14.1. The van der Waals surface area contributed by atoms with Gasteiger partial charge in [-0.3, -0.25) is 9.69 Å². The van der Waals surface area contributed by atoms with Gasteiger partial charge in [-0.2, -0.15) is 5.10 Å². The lowest BCUT2D eigenvalue weighted by atomic mass is 9.75. The quantitative estimate of drug-likeness (QED) is 0.0766. The van der Waals surface area contributed by atoms with Crippen molar-refractivity contribution < 1.29 is 23.8 Å². The molecule has 0 radical (unpaired) electrons. The number of methoxy groups -OCH3 is 3. The van der Waals surface area contributed by atoms with Gasteiger partial charge in [0, 0.05) is 25.7 Å². The molecule has 6 rings (SSSR count). The number of aromatic nitrogens is 2. The number of rotatable bonds is 15. The summed E-state index contributed by atoms with van der Waals surface area (Å²) < 4.78 is 18.2. The topological polar surface area (TPSA) is 86.1 Å². The molecule has 0 bridgehead atoms. The van der Waals surface area contributed by atoms with Crippen LogP contribution in [-0.2, 0) is 10.3 Å². The molecule has 0 N–H and O–H groups in total. The minimum Gasteiger partial charge on any atom is -0.496 e. The third-order valence-corrected chi connectivity index (χ3v) is 10.4. The van der Waals surface area contributed by atoms with Crippen molar-refractivity contribution in [2.45, 2.75) is 31.7 Å². The fraction of sp³-hybridized carbons (Fsp3) is 0.255. The standard InChI is InChI=1S/C47H50N4O5/c1-33(2)38-31-34(27-28-40(38)51-41(32-39(48-51)46(53)56-7)44-42(54-5)25-17-26-43(44)55-6)45(52)49(3)29-18-30-50(4)47(35-19-11-8-12-20-35,36-21-13-9-14-22-36)37-23-15-10-16-24-37/h8-17,19-28,31-33H,18,29-30H2,1-7H3. The van der Waals surface area contributed by atoms with E-state index in [1.54, 1.807) is 29.9 Å². The Hall–Kier alpha value is -6.19. The second-order valence-electron chi connectivity index (χ2n) is 14.1. The van der Waals surface area contributed by atoms with Crippen molar-refractivity contribution in [1.29, 1.82) is 0 Å². The highest BCUT2D eigenvalue weighted by Crippen LogP contribution is 2.43. The van der Waals surface area contributed by atoms with Crippen molar-refractivity contribution in [3.05, 3.63) is 167 Å². The molecule has 1 heterocycles. The van der Waals surface area contributed by atoms with Crippen molar-refractivity contribution in [2.75, 3.05) is 48.5 Å². The van der Waals surface area contributed by atoms with E-state index in [1.165, 1.54) is 23.8 Å². The van der Waals surface area contributed by atoms with Gasteiger partial charge in [0.15, 0.2) is 5.69 Å². The van der Waals surface area contributed by atoms with Crippen molar-refractivity contribution in [2.24, 2.45) is 0 Å². The first-order chi connectivity index (χ1) is 27.1. The number of benzene rings is 5. The molecule has 288 valence electrons. The first kappa shape index (κ1) is 39.5. The zero-order valence-electron chi connectivity index (χ0n) is 33.2. The molecule has 0 aliphatic rings. The maximum Gasteiger partial charge on any atom is 0.358 e. The lowest BCUT2D eigenvalue weighted by Crippen LogP contribution is -2.47. The van der Waals surface area contributed by atoms with E-state index >= 15 is 0 Å². The summed E-state index contributed by atoms with van der Waals surface area (Å²) in [4.78, 5) is 31.1. The van der Waals surface area contributed by atoms with Crippen LogP contribution in [0, 0.1) is 0 Å². The lowest BCUT2D eigenvalue weighted by Gasteiger charge is -2.44. The molecule has 0 aliphatic heterocycles. The summed E-state index contributed by atoms with van der Waals surface area (Å²) in [5.41, 5.74) is 6.51. The molecule has 0 aliphatic carbocycles. The van der Waals surface area contributed by atoms with Crippen LogP contribution in [0.4, 0.5) is 0 Å². The van der Waals surface area contributed by atoms with Crippen molar-refractivity contribution in [1.82, 2.24) is 19.6 Å². The predicted octanol–water partition coefficient (Wildman–Crippen LogP) is 8.85. The van der Waals surface area contributed by atoms with Crippen LogP contribution in [0.5, 0.6) is 11.5 Å². The van der Waals surface area contributed by atoms with Crippen LogP contribution in [0.15, 0.2) is 133 Å².